The number of piperazine rings is 1. The smallest absolute Gasteiger partial charge is 0.258 e. The van der Waals surface area contributed by atoms with Crippen LogP contribution in [-0.2, 0) is 0 Å². The Labute approximate surface area is 164 Å². The zero-order valence-electron chi connectivity index (χ0n) is 16.0. The van der Waals surface area contributed by atoms with E-state index in [0.717, 1.165) is 30.9 Å². The van der Waals surface area contributed by atoms with E-state index in [2.05, 4.69) is 27.4 Å². The number of carbonyl (C=O) groups excluding carboxylic acids is 1. The summed E-state index contributed by atoms with van der Waals surface area (Å²) in [7, 11) is 3.82. The van der Waals surface area contributed by atoms with E-state index < -0.39 is 0 Å². The summed E-state index contributed by atoms with van der Waals surface area (Å²) in [6.45, 7) is 2.68. The fourth-order valence-electron chi connectivity index (χ4n) is 3.33. The molecule has 2 heterocycles. The molecule has 0 bridgehead atoms. The topological polar surface area (TPSA) is 74.5 Å². The van der Waals surface area contributed by atoms with E-state index in [9.17, 15) is 4.79 Å². The van der Waals surface area contributed by atoms with Gasteiger partial charge in [0.2, 0.25) is 0 Å². The molecular formula is C21H23N5O2. The van der Waals surface area contributed by atoms with Crippen LogP contribution in [0.3, 0.4) is 0 Å². The highest BCUT2D eigenvalue weighted by atomic mass is 16.5. The normalized spacial score (nSPS) is 17.4. The van der Waals surface area contributed by atoms with Gasteiger partial charge in [-0.2, -0.15) is 4.98 Å². The standard InChI is InChI=1S/C21H23N5O2/c1-25-12-11-22-14-18(25)19-23-20(28-24-19)15-7-6-8-16(13-15)21(27)26(2)17-9-4-3-5-10-17/h3-10,13,18,22H,11-12,14H2,1-2H3. The van der Waals surface area contributed by atoms with Crippen molar-refractivity contribution in [2.45, 2.75) is 6.04 Å². The Hall–Kier alpha value is -3.03. The summed E-state index contributed by atoms with van der Waals surface area (Å²) in [5, 5.41) is 7.51. The van der Waals surface area contributed by atoms with E-state index in [1.165, 1.54) is 0 Å². The molecular weight excluding hydrogens is 354 g/mol. The lowest BCUT2D eigenvalue weighted by Gasteiger charge is -2.30. The highest BCUT2D eigenvalue weighted by Gasteiger charge is 2.25. The van der Waals surface area contributed by atoms with Gasteiger partial charge in [0.05, 0.1) is 6.04 Å². The predicted octanol–water partition coefficient (Wildman–Crippen LogP) is 2.59. The van der Waals surface area contributed by atoms with E-state index in [1.54, 1.807) is 24.1 Å². The summed E-state index contributed by atoms with van der Waals surface area (Å²) >= 11 is 0. The molecule has 1 aromatic heterocycles. The molecule has 0 radical (unpaired) electrons. The molecule has 0 saturated carbocycles. The number of benzene rings is 2. The van der Waals surface area contributed by atoms with Gasteiger partial charge in [0, 0.05) is 43.5 Å². The van der Waals surface area contributed by atoms with Gasteiger partial charge in [-0.25, -0.2) is 0 Å². The lowest BCUT2D eigenvalue weighted by Crippen LogP contribution is -2.44. The molecule has 4 rings (SSSR count). The van der Waals surface area contributed by atoms with Crippen LogP contribution < -0.4 is 10.2 Å². The van der Waals surface area contributed by atoms with Crippen LogP contribution in [0.1, 0.15) is 22.2 Å². The van der Waals surface area contributed by atoms with E-state index >= 15 is 0 Å². The van der Waals surface area contributed by atoms with E-state index in [4.69, 9.17) is 4.52 Å². The summed E-state index contributed by atoms with van der Waals surface area (Å²) < 4.78 is 5.49. The quantitative estimate of drug-likeness (QED) is 0.753. The average molecular weight is 377 g/mol. The molecule has 1 aliphatic rings. The third-order valence-corrected chi connectivity index (χ3v) is 5.06. The summed E-state index contributed by atoms with van der Waals surface area (Å²) in [6.07, 6.45) is 0. The van der Waals surface area contributed by atoms with E-state index in [-0.39, 0.29) is 11.9 Å². The van der Waals surface area contributed by atoms with Crippen LogP contribution in [0.4, 0.5) is 5.69 Å². The number of para-hydroxylation sites is 1. The second kappa shape index (κ2) is 7.92. The van der Waals surface area contributed by atoms with Crippen molar-refractivity contribution in [2.75, 3.05) is 38.6 Å². The minimum absolute atomic E-state index is 0.0836. The van der Waals surface area contributed by atoms with Crippen molar-refractivity contribution in [2.24, 2.45) is 0 Å². The number of nitrogens with zero attached hydrogens (tertiary/aromatic N) is 4. The second-order valence-electron chi connectivity index (χ2n) is 6.94. The second-order valence-corrected chi connectivity index (χ2v) is 6.94. The maximum Gasteiger partial charge on any atom is 0.258 e. The molecule has 1 atom stereocenters. The molecule has 1 aliphatic heterocycles. The number of rotatable bonds is 4. The van der Waals surface area contributed by atoms with Crippen LogP contribution >= 0.6 is 0 Å². The van der Waals surface area contributed by atoms with E-state index in [0.29, 0.717) is 17.3 Å². The van der Waals surface area contributed by atoms with Crippen LogP contribution in [-0.4, -0.2) is 54.7 Å². The van der Waals surface area contributed by atoms with Crippen molar-refractivity contribution in [3.05, 3.63) is 66.0 Å². The number of anilines is 1. The lowest BCUT2D eigenvalue weighted by molar-refractivity contribution is 0.0993. The molecule has 2 aromatic carbocycles. The maximum atomic E-state index is 12.9. The molecule has 0 spiro atoms. The molecule has 1 unspecified atom stereocenters. The Morgan fingerprint density at radius 3 is 2.82 bits per heavy atom. The first-order valence-corrected chi connectivity index (χ1v) is 9.31. The fraction of sp³-hybridized carbons (Fsp3) is 0.286. The predicted molar refractivity (Wildman–Crippen MR) is 107 cm³/mol. The molecule has 1 N–H and O–H groups in total. The van der Waals surface area contributed by atoms with Gasteiger partial charge in [0.15, 0.2) is 5.82 Å². The zero-order chi connectivity index (χ0) is 19.5. The van der Waals surface area contributed by atoms with Crippen molar-refractivity contribution in [3.8, 4) is 11.5 Å². The molecule has 0 aliphatic carbocycles. The molecule has 28 heavy (non-hydrogen) atoms. The number of nitrogens with one attached hydrogen (secondary N) is 1. The summed E-state index contributed by atoms with van der Waals surface area (Å²) in [6, 6.07) is 16.9. The molecule has 1 saturated heterocycles. The molecule has 7 nitrogen and oxygen atoms in total. The highest BCUT2D eigenvalue weighted by molar-refractivity contribution is 6.06. The van der Waals surface area contributed by atoms with Crippen LogP contribution in [0.5, 0.6) is 0 Å². The lowest BCUT2D eigenvalue weighted by atomic mass is 10.1. The molecule has 7 heteroatoms. The first-order valence-electron chi connectivity index (χ1n) is 9.31. The van der Waals surface area contributed by atoms with Gasteiger partial charge >= 0.3 is 0 Å². The van der Waals surface area contributed by atoms with E-state index in [1.807, 2.05) is 42.5 Å². The zero-order valence-corrected chi connectivity index (χ0v) is 16.0. The number of amides is 1. The Morgan fingerprint density at radius 2 is 2.04 bits per heavy atom. The number of hydrogen-bond donors (Lipinski definition) is 1. The number of likely N-dealkylation sites (N-methyl/N-ethyl adjacent to an activating group) is 1. The van der Waals surface area contributed by atoms with Gasteiger partial charge in [-0.05, 0) is 37.4 Å². The summed E-state index contributed by atoms with van der Waals surface area (Å²) in [4.78, 5) is 21.3. The Kier molecular flexibility index (Phi) is 5.18. The van der Waals surface area contributed by atoms with Crippen LogP contribution in [0.15, 0.2) is 59.1 Å². The van der Waals surface area contributed by atoms with Gasteiger partial charge in [-0.3, -0.25) is 9.69 Å². The van der Waals surface area contributed by atoms with Gasteiger partial charge in [-0.15, -0.1) is 0 Å². The van der Waals surface area contributed by atoms with Crippen LogP contribution in [0, 0.1) is 0 Å². The third-order valence-electron chi connectivity index (χ3n) is 5.06. The Bertz CT molecular complexity index is 956. The van der Waals surface area contributed by atoms with Gasteiger partial charge < -0.3 is 14.7 Å². The van der Waals surface area contributed by atoms with Crippen molar-refractivity contribution in [1.29, 1.82) is 0 Å². The molecule has 144 valence electrons. The monoisotopic (exact) mass is 377 g/mol. The average Bonchev–Trinajstić information content (AvgIpc) is 3.24. The minimum Gasteiger partial charge on any atom is -0.334 e. The molecule has 1 amide bonds. The third kappa shape index (κ3) is 3.67. The summed E-state index contributed by atoms with van der Waals surface area (Å²) in [5.74, 6) is 0.984. The summed E-state index contributed by atoms with van der Waals surface area (Å²) in [5.41, 5.74) is 2.14. The number of aromatic nitrogens is 2. The number of carbonyl (C=O) groups is 1. The van der Waals surface area contributed by atoms with Crippen molar-refractivity contribution < 1.29 is 9.32 Å². The van der Waals surface area contributed by atoms with Gasteiger partial charge in [0.25, 0.3) is 11.8 Å². The number of hydrogen-bond acceptors (Lipinski definition) is 6. The van der Waals surface area contributed by atoms with Crippen molar-refractivity contribution in [3.63, 3.8) is 0 Å². The molecule has 3 aromatic rings. The largest absolute Gasteiger partial charge is 0.334 e. The SMILES string of the molecule is CN(C(=O)c1cccc(-c2nc(C3CNCCN3C)no2)c1)c1ccccc1. The highest BCUT2D eigenvalue weighted by Crippen LogP contribution is 2.24. The Morgan fingerprint density at radius 1 is 1.21 bits per heavy atom. The first-order chi connectivity index (χ1) is 13.6. The van der Waals surface area contributed by atoms with Crippen molar-refractivity contribution >= 4 is 11.6 Å². The van der Waals surface area contributed by atoms with Gasteiger partial charge in [-0.1, -0.05) is 29.4 Å². The molecule has 1 fully saturated rings. The first kappa shape index (κ1) is 18.3. The Balaban J connectivity index is 1.57. The maximum absolute atomic E-state index is 12.9. The fourth-order valence-corrected chi connectivity index (χ4v) is 3.33. The van der Waals surface area contributed by atoms with Crippen LogP contribution in [0.25, 0.3) is 11.5 Å². The van der Waals surface area contributed by atoms with Crippen molar-refractivity contribution in [1.82, 2.24) is 20.4 Å². The van der Waals surface area contributed by atoms with Gasteiger partial charge in [0.1, 0.15) is 0 Å². The van der Waals surface area contributed by atoms with Crippen LogP contribution in [0.2, 0.25) is 0 Å². The minimum atomic E-state index is -0.0935.